The summed E-state index contributed by atoms with van der Waals surface area (Å²) in [4.78, 5) is 45.1. The second-order valence-electron chi connectivity index (χ2n) is 10.6. The fourth-order valence-electron chi connectivity index (χ4n) is 5.29. The van der Waals surface area contributed by atoms with Crippen molar-refractivity contribution in [3.63, 3.8) is 0 Å². The van der Waals surface area contributed by atoms with Crippen LogP contribution in [0.3, 0.4) is 0 Å². The van der Waals surface area contributed by atoms with Crippen LogP contribution in [0, 0.1) is 0 Å². The van der Waals surface area contributed by atoms with Gasteiger partial charge in [-0.25, -0.2) is 0 Å². The predicted molar refractivity (Wildman–Crippen MR) is 176 cm³/mol. The molecule has 2 heterocycles. The summed E-state index contributed by atoms with van der Waals surface area (Å²) in [5, 5.41) is 3.26. The highest BCUT2D eigenvalue weighted by molar-refractivity contribution is 6.38. The van der Waals surface area contributed by atoms with Crippen molar-refractivity contribution in [1.82, 2.24) is 14.9 Å². The maximum absolute atomic E-state index is 13.0. The number of halogens is 2. The first-order valence-electron chi connectivity index (χ1n) is 14.3. The fourth-order valence-corrected chi connectivity index (χ4v) is 5.89. The number of amides is 3. The molecular weight excluding hydrogens is 617 g/mol. The number of aryl methyl sites for hydroxylation is 2. The smallest absolute Gasteiger partial charge is 0.296 e. The second kappa shape index (κ2) is 13.6. The van der Waals surface area contributed by atoms with Crippen molar-refractivity contribution in [3.8, 4) is 11.8 Å². The summed E-state index contributed by atoms with van der Waals surface area (Å²) in [6, 6.07) is 15.0. The number of hydrogen-bond donors (Lipinski definition) is 1. The van der Waals surface area contributed by atoms with E-state index in [4.69, 9.17) is 32.7 Å². The van der Waals surface area contributed by atoms with E-state index in [2.05, 4.69) is 10.3 Å². The molecule has 0 saturated carbocycles. The van der Waals surface area contributed by atoms with E-state index in [9.17, 15) is 14.4 Å². The van der Waals surface area contributed by atoms with Gasteiger partial charge in [-0.1, -0.05) is 35.3 Å². The summed E-state index contributed by atoms with van der Waals surface area (Å²) in [6.45, 7) is 2.05. The average Bonchev–Trinajstić information content (AvgIpc) is 3.37. The number of anilines is 2. The van der Waals surface area contributed by atoms with Crippen molar-refractivity contribution in [1.29, 1.82) is 0 Å². The lowest BCUT2D eigenvalue weighted by Crippen LogP contribution is -2.37. The zero-order chi connectivity index (χ0) is 32.2. The molecular formula is C33H33Cl2N5O5. The van der Waals surface area contributed by atoms with Crippen molar-refractivity contribution in [2.24, 2.45) is 7.05 Å². The van der Waals surface area contributed by atoms with Crippen LogP contribution >= 0.6 is 23.2 Å². The van der Waals surface area contributed by atoms with Gasteiger partial charge in [0.2, 0.25) is 17.7 Å². The van der Waals surface area contributed by atoms with E-state index in [1.807, 2.05) is 41.9 Å². The first-order chi connectivity index (χ1) is 21.6. The molecule has 1 N–H and O–H groups in total. The monoisotopic (exact) mass is 649 g/mol. The standard InChI is InChI=1S/C33H33Cl2N5O5/c1-20(41)40-16-6-7-22-17-21(10-13-25(22)40)11-15-29(42)36-18-30(43)38(2)26-14-12-24(34)23(31(26)35)19-45-28-9-5-8-27-32(28)37-33(44-4)39(27)3/h5,8-15,17H,6-7,16,18-19H2,1-4H3,(H,36,42). The van der Waals surface area contributed by atoms with Crippen LogP contribution in [0.2, 0.25) is 10.0 Å². The van der Waals surface area contributed by atoms with Gasteiger partial charge in [0.15, 0.2) is 0 Å². The number of nitrogens with zero attached hydrogens (tertiary/aromatic N) is 4. The van der Waals surface area contributed by atoms with Crippen LogP contribution in [0.1, 0.15) is 30.0 Å². The molecule has 0 atom stereocenters. The third kappa shape index (κ3) is 6.77. The summed E-state index contributed by atoms with van der Waals surface area (Å²) < 4.78 is 13.2. The highest BCUT2D eigenvalue weighted by Crippen LogP contribution is 2.36. The summed E-state index contributed by atoms with van der Waals surface area (Å²) in [5.41, 5.74) is 5.18. The number of methoxy groups -OCH3 is 1. The largest absolute Gasteiger partial charge is 0.486 e. The maximum atomic E-state index is 13.0. The van der Waals surface area contributed by atoms with Crippen LogP contribution in [0.5, 0.6) is 11.8 Å². The molecule has 3 aromatic carbocycles. The molecule has 10 nitrogen and oxygen atoms in total. The Morgan fingerprint density at radius 2 is 1.93 bits per heavy atom. The lowest BCUT2D eigenvalue weighted by Gasteiger charge is -2.28. The normalized spacial score (nSPS) is 12.7. The number of fused-ring (bicyclic) bond motifs is 2. The van der Waals surface area contributed by atoms with Crippen LogP contribution < -0.4 is 24.6 Å². The minimum atomic E-state index is -0.420. The molecule has 1 aromatic heterocycles. The molecule has 45 heavy (non-hydrogen) atoms. The molecule has 1 aliphatic heterocycles. The number of benzene rings is 3. The van der Waals surface area contributed by atoms with Crippen molar-refractivity contribution in [2.75, 3.05) is 37.0 Å². The molecule has 5 rings (SSSR count). The van der Waals surface area contributed by atoms with Crippen LogP contribution in [0.4, 0.5) is 11.4 Å². The molecule has 0 spiro atoms. The van der Waals surface area contributed by atoms with Gasteiger partial charge in [-0.2, -0.15) is 4.98 Å². The second-order valence-corrected chi connectivity index (χ2v) is 11.4. The van der Waals surface area contributed by atoms with E-state index in [0.717, 1.165) is 35.2 Å². The Morgan fingerprint density at radius 1 is 1.13 bits per heavy atom. The quantitative estimate of drug-likeness (QED) is 0.238. The van der Waals surface area contributed by atoms with Gasteiger partial charge in [0.25, 0.3) is 6.01 Å². The molecule has 4 aromatic rings. The topological polar surface area (TPSA) is 106 Å². The molecule has 0 aliphatic carbocycles. The van der Waals surface area contributed by atoms with Gasteiger partial charge in [0.1, 0.15) is 17.9 Å². The molecule has 1 aliphatic rings. The van der Waals surface area contributed by atoms with Gasteiger partial charge in [-0.3, -0.25) is 19.0 Å². The lowest BCUT2D eigenvalue weighted by atomic mass is 9.99. The first-order valence-corrected chi connectivity index (χ1v) is 15.1. The molecule has 0 radical (unpaired) electrons. The van der Waals surface area contributed by atoms with Crippen molar-refractivity contribution >= 4 is 69.4 Å². The average molecular weight is 651 g/mol. The lowest BCUT2D eigenvalue weighted by molar-refractivity contribution is -0.122. The number of ether oxygens (including phenoxy) is 2. The molecule has 0 saturated heterocycles. The highest BCUT2D eigenvalue weighted by atomic mass is 35.5. The Hall–Kier alpha value is -4.54. The van der Waals surface area contributed by atoms with Crippen molar-refractivity contribution in [2.45, 2.75) is 26.4 Å². The minimum absolute atomic E-state index is 0.0116. The molecule has 0 bridgehead atoms. The number of likely N-dealkylation sites (N-methyl/N-ethyl adjacent to an activating group) is 1. The Bertz CT molecular complexity index is 1820. The number of imidazole rings is 1. The van der Waals surface area contributed by atoms with Gasteiger partial charge in [0.05, 0.1) is 29.9 Å². The van der Waals surface area contributed by atoms with Crippen LogP contribution in [0.15, 0.2) is 54.6 Å². The number of rotatable bonds is 9. The SMILES string of the molecule is COc1nc2c(OCc3c(Cl)ccc(N(C)C(=O)CNC(=O)C=Cc4ccc5c(c4)CCCN5C(C)=O)c3Cl)cccc2n1C. The van der Waals surface area contributed by atoms with E-state index >= 15 is 0 Å². The predicted octanol–water partition coefficient (Wildman–Crippen LogP) is 5.56. The molecule has 0 unspecified atom stereocenters. The van der Waals surface area contributed by atoms with E-state index in [0.29, 0.717) is 40.1 Å². The summed E-state index contributed by atoms with van der Waals surface area (Å²) in [7, 11) is 4.97. The fraction of sp³-hybridized carbons (Fsp3) is 0.273. The van der Waals surface area contributed by atoms with Crippen LogP contribution in [-0.2, 0) is 34.5 Å². The zero-order valence-electron chi connectivity index (χ0n) is 25.4. The van der Waals surface area contributed by atoms with Gasteiger partial charge < -0.3 is 24.6 Å². The van der Waals surface area contributed by atoms with E-state index in [1.54, 1.807) is 50.3 Å². The van der Waals surface area contributed by atoms with Crippen LogP contribution in [-0.4, -0.2) is 54.5 Å². The number of carbonyl (C=O) groups excluding carboxylic acids is 3. The Labute approximate surface area is 271 Å². The highest BCUT2D eigenvalue weighted by Gasteiger charge is 2.21. The summed E-state index contributed by atoms with van der Waals surface area (Å²) in [6.07, 6.45) is 4.81. The number of aromatic nitrogens is 2. The minimum Gasteiger partial charge on any atom is -0.486 e. The molecule has 234 valence electrons. The van der Waals surface area contributed by atoms with Crippen LogP contribution in [0.25, 0.3) is 17.1 Å². The maximum Gasteiger partial charge on any atom is 0.296 e. The number of hydrogen-bond acceptors (Lipinski definition) is 6. The number of para-hydroxylation sites is 1. The van der Waals surface area contributed by atoms with Gasteiger partial charge in [-0.15, -0.1) is 0 Å². The Balaban J connectivity index is 1.21. The summed E-state index contributed by atoms with van der Waals surface area (Å²) in [5.74, 6) is -0.261. The molecule has 0 fully saturated rings. The Morgan fingerprint density at radius 3 is 2.69 bits per heavy atom. The van der Waals surface area contributed by atoms with Crippen molar-refractivity contribution in [3.05, 3.63) is 81.3 Å². The third-order valence-corrected chi connectivity index (χ3v) is 8.51. The first kappa shape index (κ1) is 31.9. The third-order valence-electron chi connectivity index (χ3n) is 7.73. The van der Waals surface area contributed by atoms with E-state index in [-0.39, 0.29) is 30.0 Å². The van der Waals surface area contributed by atoms with E-state index < -0.39 is 5.91 Å². The number of carbonyl (C=O) groups is 3. The molecule has 12 heteroatoms. The van der Waals surface area contributed by atoms with Gasteiger partial charge in [-0.05, 0) is 66.4 Å². The zero-order valence-corrected chi connectivity index (χ0v) is 26.9. The van der Waals surface area contributed by atoms with Gasteiger partial charge in [0, 0.05) is 49.9 Å². The Kier molecular flexibility index (Phi) is 9.65. The van der Waals surface area contributed by atoms with Gasteiger partial charge >= 0.3 is 0 Å². The van der Waals surface area contributed by atoms with Crippen molar-refractivity contribution < 1.29 is 23.9 Å². The summed E-state index contributed by atoms with van der Waals surface area (Å²) >= 11 is 13.2. The van der Waals surface area contributed by atoms with E-state index in [1.165, 1.54) is 11.0 Å². The molecule has 3 amide bonds. The number of nitrogens with one attached hydrogen (secondary N) is 1.